The van der Waals surface area contributed by atoms with Gasteiger partial charge in [0.05, 0.1) is 12.2 Å². The van der Waals surface area contributed by atoms with Gasteiger partial charge in [0.2, 0.25) is 0 Å². The zero-order chi connectivity index (χ0) is 13.5. The highest BCUT2D eigenvalue weighted by Crippen LogP contribution is 2.40. The first-order valence-corrected chi connectivity index (χ1v) is 7.55. The smallest absolute Gasteiger partial charge is 0.196 e. The van der Waals surface area contributed by atoms with Gasteiger partial charge in [-0.25, -0.2) is 4.98 Å². The van der Waals surface area contributed by atoms with Crippen molar-refractivity contribution in [3.05, 3.63) is 45.3 Å². The van der Waals surface area contributed by atoms with Gasteiger partial charge in [0.1, 0.15) is 10.5 Å². The molecule has 1 aromatic carbocycles. The number of nitrogens with two attached hydrogens (primary N) is 1. The molecule has 2 aromatic rings. The molecule has 6 heteroatoms. The van der Waals surface area contributed by atoms with E-state index in [2.05, 4.69) is 37.7 Å². The van der Waals surface area contributed by atoms with E-state index < -0.39 is 0 Å². The number of anilines is 1. The molecule has 3 rings (SSSR count). The molecule has 0 fully saturated rings. The number of hydrogen-bond donors (Lipinski definition) is 1. The maximum Gasteiger partial charge on any atom is 0.196 e. The Morgan fingerprint density at radius 1 is 1.42 bits per heavy atom. The Kier molecular flexibility index (Phi) is 3.06. The summed E-state index contributed by atoms with van der Waals surface area (Å²) in [7, 11) is 0. The zero-order valence-electron chi connectivity index (χ0n) is 10.4. The third-order valence-corrected chi connectivity index (χ3v) is 4.95. The second-order valence-corrected chi connectivity index (χ2v) is 6.32. The highest BCUT2D eigenvalue weighted by molar-refractivity contribution is 9.10. The molecule has 0 saturated carbocycles. The predicted molar refractivity (Wildman–Crippen MR) is 82.6 cm³/mol. The number of thiazole rings is 1. The molecule has 2 heterocycles. The summed E-state index contributed by atoms with van der Waals surface area (Å²) in [6.07, 6.45) is 1.82. The summed E-state index contributed by atoms with van der Waals surface area (Å²) in [6.45, 7) is 2.74. The minimum Gasteiger partial charge on any atom is -0.369 e. The summed E-state index contributed by atoms with van der Waals surface area (Å²) < 4.78 is 0.998. The lowest BCUT2D eigenvalue weighted by atomic mass is 10.0. The van der Waals surface area contributed by atoms with Gasteiger partial charge in [-0.1, -0.05) is 12.1 Å². The fourth-order valence-electron chi connectivity index (χ4n) is 2.30. The summed E-state index contributed by atoms with van der Waals surface area (Å²) in [6, 6.07) is 8.01. The van der Waals surface area contributed by atoms with Crippen LogP contribution in [-0.2, 0) is 5.54 Å². The quantitative estimate of drug-likeness (QED) is 0.917. The number of halogens is 1. The van der Waals surface area contributed by atoms with Crippen LogP contribution in [0.1, 0.15) is 11.9 Å². The van der Waals surface area contributed by atoms with Crippen LogP contribution < -0.4 is 10.6 Å². The van der Waals surface area contributed by atoms with Gasteiger partial charge in [-0.3, -0.25) is 9.89 Å². The van der Waals surface area contributed by atoms with E-state index in [1.54, 1.807) is 11.3 Å². The Balaban J connectivity index is 2.12. The summed E-state index contributed by atoms with van der Waals surface area (Å²) in [5, 5.41) is 3.00. The van der Waals surface area contributed by atoms with Gasteiger partial charge in [-0.2, -0.15) is 0 Å². The standard InChI is InChI=1S/C13H13BrN4S/c1-13(11-16-6-7-19-11)8-17-12(15)18(13)10-5-3-2-4-9(10)14/h2-7H,8H2,1H3,(H2,15,17). The van der Waals surface area contributed by atoms with Crippen LogP contribution in [0.4, 0.5) is 5.69 Å². The van der Waals surface area contributed by atoms with Crippen LogP contribution in [0, 0.1) is 0 Å². The van der Waals surface area contributed by atoms with Gasteiger partial charge in [0, 0.05) is 16.0 Å². The van der Waals surface area contributed by atoms with Crippen LogP contribution in [-0.4, -0.2) is 17.5 Å². The molecule has 1 aliphatic heterocycles. The molecule has 19 heavy (non-hydrogen) atoms. The molecule has 0 aliphatic carbocycles. The summed E-state index contributed by atoms with van der Waals surface area (Å²) in [5.41, 5.74) is 6.79. The Hall–Kier alpha value is -1.40. The van der Waals surface area contributed by atoms with Crippen molar-refractivity contribution in [2.75, 3.05) is 11.4 Å². The van der Waals surface area contributed by atoms with Gasteiger partial charge < -0.3 is 5.73 Å². The number of guanidine groups is 1. The lowest BCUT2D eigenvalue weighted by molar-refractivity contribution is 0.529. The number of para-hydroxylation sites is 1. The van der Waals surface area contributed by atoms with E-state index in [4.69, 9.17) is 5.73 Å². The van der Waals surface area contributed by atoms with Crippen molar-refractivity contribution >= 4 is 38.9 Å². The van der Waals surface area contributed by atoms with Crippen molar-refractivity contribution in [2.24, 2.45) is 10.7 Å². The SMILES string of the molecule is CC1(c2nccs2)CN=C(N)N1c1ccccc1Br. The Bertz CT molecular complexity index is 625. The van der Waals surface area contributed by atoms with Crippen LogP contribution in [0.5, 0.6) is 0 Å². The van der Waals surface area contributed by atoms with Crippen molar-refractivity contribution in [3.8, 4) is 0 Å². The van der Waals surface area contributed by atoms with E-state index in [1.807, 2.05) is 35.8 Å². The molecule has 0 spiro atoms. The van der Waals surface area contributed by atoms with Crippen LogP contribution in [0.2, 0.25) is 0 Å². The molecule has 2 N–H and O–H groups in total. The normalized spacial score (nSPS) is 22.6. The predicted octanol–water partition coefficient (Wildman–Crippen LogP) is 2.96. The fraction of sp³-hybridized carbons (Fsp3) is 0.231. The van der Waals surface area contributed by atoms with E-state index in [9.17, 15) is 0 Å². The van der Waals surface area contributed by atoms with E-state index in [0.717, 1.165) is 15.2 Å². The molecule has 0 radical (unpaired) electrons. The number of rotatable bonds is 2. The lowest BCUT2D eigenvalue weighted by Gasteiger charge is -2.35. The second kappa shape index (κ2) is 4.61. The topological polar surface area (TPSA) is 54.5 Å². The zero-order valence-corrected chi connectivity index (χ0v) is 12.8. The van der Waals surface area contributed by atoms with Crippen molar-refractivity contribution in [1.82, 2.24) is 4.98 Å². The molecule has 0 amide bonds. The minimum atomic E-state index is -0.317. The molecule has 1 unspecified atom stereocenters. The van der Waals surface area contributed by atoms with Crippen LogP contribution in [0.3, 0.4) is 0 Å². The van der Waals surface area contributed by atoms with Gasteiger partial charge in [0.25, 0.3) is 0 Å². The van der Waals surface area contributed by atoms with E-state index >= 15 is 0 Å². The van der Waals surface area contributed by atoms with Crippen LogP contribution in [0.25, 0.3) is 0 Å². The average Bonchev–Trinajstić information content (AvgIpc) is 3.01. The largest absolute Gasteiger partial charge is 0.369 e. The maximum atomic E-state index is 6.09. The maximum absolute atomic E-state index is 6.09. The highest BCUT2D eigenvalue weighted by atomic mass is 79.9. The van der Waals surface area contributed by atoms with E-state index in [-0.39, 0.29) is 5.54 Å². The first-order valence-electron chi connectivity index (χ1n) is 5.87. The molecule has 4 nitrogen and oxygen atoms in total. The number of nitrogens with zero attached hydrogens (tertiary/aromatic N) is 3. The van der Waals surface area contributed by atoms with Gasteiger partial charge in [-0.05, 0) is 35.0 Å². The van der Waals surface area contributed by atoms with E-state index in [1.165, 1.54) is 0 Å². The van der Waals surface area contributed by atoms with Crippen LogP contribution >= 0.6 is 27.3 Å². The highest BCUT2D eigenvalue weighted by Gasteiger charge is 2.43. The molecule has 0 saturated heterocycles. The third kappa shape index (κ3) is 1.95. The molecular formula is C13H13BrN4S. The van der Waals surface area contributed by atoms with Gasteiger partial charge in [-0.15, -0.1) is 11.3 Å². The first-order chi connectivity index (χ1) is 9.13. The Morgan fingerprint density at radius 3 is 2.89 bits per heavy atom. The molecule has 1 aromatic heterocycles. The summed E-state index contributed by atoms with van der Waals surface area (Å²) >= 11 is 5.21. The van der Waals surface area contributed by atoms with Gasteiger partial charge >= 0.3 is 0 Å². The number of aliphatic imine (C=N–C) groups is 1. The number of hydrogen-bond acceptors (Lipinski definition) is 5. The Morgan fingerprint density at radius 2 is 2.21 bits per heavy atom. The molecule has 98 valence electrons. The van der Waals surface area contributed by atoms with Crippen molar-refractivity contribution in [2.45, 2.75) is 12.5 Å². The summed E-state index contributed by atoms with van der Waals surface area (Å²) in [5.74, 6) is 0.532. The fourth-order valence-corrected chi connectivity index (χ4v) is 3.55. The van der Waals surface area contributed by atoms with E-state index in [0.29, 0.717) is 12.5 Å². The molecule has 0 bridgehead atoms. The second-order valence-electron chi connectivity index (χ2n) is 4.57. The monoisotopic (exact) mass is 336 g/mol. The van der Waals surface area contributed by atoms with Crippen molar-refractivity contribution < 1.29 is 0 Å². The average molecular weight is 337 g/mol. The third-order valence-electron chi connectivity index (χ3n) is 3.26. The molecule has 1 atom stereocenters. The lowest BCUT2D eigenvalue weighted by Crippen LogP contribution is -2.47. The van der Waals surface area contributed by atoms with Crippen LogP contribution in [0.15, 0.2) is 45.3 Å². The molecule has 1 aliphatic rings. The Labute approximate surface area is 124 Å². The van der Waals surface area contributed by atoms with Crippen molar-refractivity contribution in [1.29, 1.82) is 0 Å². The number of aromatic nitrogens is 1. The number of benzene rings is 1. The minimum absolute atomic E-state index is 0.317. The van der Waals surface area contributed by atoms with Gasteiger partial charge in [0.15, 0.2) is 5.96 Å². The first kappa shape index (κ1) is 12.6. The molecular weight excluding hydrogens is 324 g/mol. The van der Waals surface area contributed by atoms with Crippen molar-refractivity contribution in [3.63, 3.8) is 0 Å². The summed E-state index contributed by atoms with van der Waals surface area (Å²) in [4.78, 5) is 10.9.